The van der Waals surface area contributed by atoms with E-state index in [0.29, 0.717) is 24.4 Å². The summed E-state index contributed by atoms with van der Waals surface area (Å²) in [5.74, 6) is 2.28. The summed E-state index contributed by atoms with van der Waals surface area (Å²) in [5, 5.41) is 0. The van der Waals surface area contributed by atoms with Gasteiger partial charge in [-0.1, -0.05) is 24.3 Å². The second-order valence-electron chi connectivity index (χ2n) is 8.48. The van der Waals surface area contributed by atoms with E-state index in [0.717, 1.165) is 48.9 Å². The summed E-state index contributed by atoms with van der Waals surface area (Å²) < 4.78 is 10.9. The van der Waals surface area contributed by atoms with Crippen LogP contribution in [0.1, 0.15) is 34.0 Å². The number of benzene rings is 2. The molecule has 1 fully saturated rings. The average molecular weight is 445 g/mol. The molecular formula is C26H28N4O3. The Labute approximate surface area is 194 Å². The topological polar surface area (TPSA) is 67.8 Å². The number of carbonyl (C=O) groups is 1. The van der Waals surface area contributed by atoms with Crippen LogP contribution in [0.4, 0.5) is 11.6 Å². The van der Waals surface area contributed by atoms with Crippen molar-refractivity contribution in [1.82, 2.24) is 9.97 Å². The van der Waals surface area contributed by atoms with Crippen molar-refractivity contribution in [2.24, 2.45) is 0 Å². The minimum atomic E-state index is 0.0172. The van der Waals surface area contributed by atoms with Crippen LogP contribution < -0.4 is 19.3 Å². The summed E-state index contributed by atoms with van der Waals surface area (Å²) in [6.45, 7) is 3.51. The maximum absolute atomic E-state index is 12.9. The van der Waals surface area contributed by atoms with Crippen molar-refractivity contribution in [3.63, 3.8) is 0 Å². The lowest BCUT2D eigenvalue weighted by molar-refractivity contribution is 0.0962. The van der Waals surface area contributed by atoms with Crippen molar-refractivity contribution in [3.05, 3.63) is 71.5 Å². The summed E-state index contributed by atoms with van der Waals surface area (Å²) in [5.41, 5.74) is 3.72. The zero-order valence-corrected chi connectivity index (χ0v) is 19.0. The van der Waals surface area contributed by atoms with Gasteiger partial charge in [0.25, 0.3) is 0 Å². The van der Waals surface area contributed by atoms with E-state index in [4.69, 9.17) is 14.5 Å². The van der Waals surface area contributed by atoms with Crippen molar-refractivity contribution >= 4 is 17.4 Å². The Balaban J connectivity index is 1.34. The maximum atomic E-state index is 12.9. The van der Waals surface area contributed by atoms with Gasteiger partial charge in [0.1, 0.15) is 11.5 Å². The molecule has 0 amide bonds. The van der Waals surface area contributed by atoms with Crippen molar-refractivity contribution in [2.45, 2.75) is 18.8 Å². The molecule has 33 heavy (non-hydrogen) atoms. The van der Waals surface area contributed by atoms with E-state index in [1.165, 1.54) is 5.69 Å². The molecule has 2 aliphatic rings. The molecule has 170 valence electrons. The van der Waals surface area contributed by atoms with Gasteiger partial charge in [-0.2, -0.15) is 0 Å². The number of carbonyl (C=O) groups excluding carboxylic acids is 1. The third-order valence-corrected chi connectivity index (χ3v) is 6.59. The molecule has 0 unspecified atom stereocenters. The summed E-state index contributed by atoms with van der Waals surface area (Å²) in [7, 11) is 3.28. The second-order valence-corrected chi connectivity index (χ2v) is 8.48. The largest absolute Gasteiger partial charge is 0.497 e. The predicted octanol–water partition coefficient (Wildman–Crippen LogP) is 3.73. The van der Waals surface area contributed by atoms with Crippen LogP contribution in [0.5, 0.6) is 11.5 Å². The average Bonchev–Trinajstić information content (AvgIpc) is 2.88. The van der Waals surface area contributed by atoms with Gasteiger partial charge in [-0.3, -0.25) is 4.79 Å². The van der Waals surface area contributed by atoms with E-state index >= 15 is 0 Å². The Hall–Kier alpha value is -3.61. The van der Waals surface area contributed by atoms with E-state index in [-0.39, 0.29) is 11.7 Å². The molecule has 0 radical (unpaired) electrons. The number of nitrogens with zero attached hydrogens (tertiary/aromatic N) is 4. The molecule has 1 aromatic heterocycles. The van der Waals surface area contributed by atoms with Crippen LogP contribution in [0.25, 0.3) is 0 Å². The van der Waals surface area contributed by atoms with E-state index in [1.807, 2.05) is 24.3 Å². The minimum Gasteiger partial charge on any atom is -0.497 e. The number of ether oxygens (including phenoxy) is 2. The first kappa shape index (κ1) is 21.2. The number of piperazine rings is 1. The normalized spacial score (nSPS) is 18.1. The van der Waals surface area contributed by atoms with Gasteiger partial charge >= 0.3 is 0 Å². The summed E-state index contributed by atoms with van der Waals surface area (Å²) >= 11 is 0. The molecule has 7 nitrogen and oxygen atoms in total. The first-order chi connectivity index (χ1) is 16.2. The molecule has 1 aliphatic heterocycles. The molecule has 0 spiro atoms. The van der Waals surface area contributed by atoms with E-state index in [9.17, 15) is 4.79 Å². The maximum Gasteiger partial charge on any atom is 0.225 e. The first-order valence-corrected chi connectivity index (χ1v) is 11.3. The minimum absolute atomic E-state index is 0.0172. The molecule has 2 heterocycles. The standard InChI is InChI=1S/C26H28N4O3/c1-32-20-8-9-21(25(16-20)33-2)18-14-23-22(24(31)15-18)17-27-26(28-23)30-12-10-29(11-13-30)19-6-4-3-5-7-19/h3-9,16-18H,10-15H2,1-2H3/t18-/m1/s1. The smallest absolute Gasteiger partial charge is 0.225 e. The molecule has 1 aliphatic carbocycles. The lowest BCUT2D eigenvalue weighted by atomic mass is 9.82. The highest BCUT2D eigenvalue weighted by Gasteiger charge is 2.31. The lowest BCUT2D eigenvalue weighted by Crippen LogP contribution is -2.47. The molecule has 3 aromatic rings. The highest BCUT2D eigenvalue weighted by atomic mass is 16.5. The third kappa shape index (κ3) is 4.23. The predicted molar refractivity (Wildman–Crippen MR) is 128 cm³/mol. The van der Waals surface area contributed by atoms with Crippen LogP contribution in [0.3, 0.4) is 0 Å². The Kier molecular flexibility index (Phi) is 5.86. The van der Waals surface area contributed by atoms with Gasteiger partial charge in [0.15, 0.2) is 5.78 Å². The van der Waals surface area contributed by atoms with Crippen LogP contribution >= 0.6 is 0 Å². The van der Waals surface area contributed by atoms with Crippen LogP contribution in [0.15, 0.2) is 54.7 Å². The van der Waals surface area contributed by atoms with Gasteiger partial charge in [0.2, 0.25) is 5.95 Å². The number of aromatic nitrogens is 2. The Morgan fingerprint density at radius 1 is 0.909 bits per heavy atom. The first-order valence-electron chi connectivity index (χ1n) is 11.3. The number of hydrogen-bond acceptors (Lipinski definition) is 7. The van der Waals surface area contributed by atoms with Crippen molar-refractivity contribution < 1.29 is 14.3 Å². The Bertz CT molecular complexity index is 1140. The highest BCUT2D eigenvalue weighted by molar-refractivity contribution is 5.98. The molecule has 1 atom stereocenters. The molecule has 0 N–H and O–H groups in total. The van der Waals surface area contributed by atoms with Gasteiger partial charge in [0, 0.05) is 56.5 Å². The van der Waals surface area contributed by atoms with Crippen molar-refractivity contribution in [3.8, 4) is 11.5 Å². The van der Waals surface area contributed by atoms with Crippen molar-refractivity contribution in [1.29, 1.82) is 0 Å². The quantitative estimate of drug-likeness (QED) is 0.594. The number of Topliss-reactive ketones (excluding diaryl/α,β-unsaturated/α-hetero) is 1. The molecule has 0 bridgehead atoms. The zero-order chi connectivity index (χ0) is 22.8. The molecule has 7 heteroatoms. The summed E-state index contributed by atoms with van der Waals surface area (Å²) in [4.78, 5) is 26.9. The number of methoxy groups -OCH3 is 2. The number of fused-ring (bicyclic) bond motifs is 1. The van der Waals surface area contributed by atoms with Gasteiger partial charge in [0.05, 0.1) is 25.5 Å². The second kappa shape index (κ2) is 9.10. The van der Waals surface area contributed by atoms with Gasteiger partial charge in [-0.05, 0) is 30.2 Å². The number of rotatable bonds is 5. The van der Waals surface area contributed by atoms with Crippen LogP contribution in [0.2, 0.25) is 0 Å². The fraction of sp³-hybridized carbons (Fsp3) is 0.346. The molecule has 0 saturated carbocycles. The summed E-state index contributed by atoms with van der Waals surface area (Å²) in [6.07, 6.45) is 2.82. The summed E-state index contributed by atoms with van der Waals surface area (Å²) in [6, 6.07) is 16.2. The lowest BCUT2D eigenvalue weighted by Gasteiger charge is -2.36. The fourth-order valence-corrected chi connectivity index (χ4v) is 4.77. The van der Waals surface area contributed by atoms with Gasteiger partial charge in [-0.25, -0.2) is 9.97 Å². The number of para-hydroxylation sites is 1. The third-order valence-electron chi connectivity index (χ3n) is 6.59. The van der Waals surface area contributed by atoms with Gasteiger partial charge in [-0.15, -0.1) is 0 Å². The zero-order valence-electron chi connectivity index (χ0n) is 19.0. The fourth-order valence-electron chi connectivity index (χ4n) is 4.77. The van der Waals surface area contributed by atoms with Crippen molar-refractivity contribution in [2.75, 3.05) is 50.2 Å². The van der Waals surface area contributed by atoms with Crippen LogP contribution in [-0.4, -0.2) is 56.1 Å². The SMILES string of the molecule is COc1ccc([C@H]2CC(=O)c3cnc(N4CCN(c5ccccc5)CC4)nc3C2)c(OC)c1. The molecule has 5 rings (SSSR count). The Morgan fingerprint density at radius 2 is 1.67 bits per heavy atom. The molecule has 1 saturated heterocycles. The number of ketones is 1. The monoisotopic (exact) mass is 444 g/mol. The van der Waals surface area contributed by atoms with Crippen LogP contribution in [-0.2, 0) is 6.42 Å². The van der Waals surface area contributed by atoms with E-state index in [2.05, 4.69) is 39.0 Å². The molecular weight excluding hydrogens is 416 g/mol. The number of hydrogen-bond donors (Lipinski definition) is 0. The Morgan fingerprint density at radius 3 is 2.39 bits per heavy atom. The molecule has 2 aromatic carbocycles. The van der Waals surface area contributed by atoms with E-state index in [1.54, 1.807) is 20.4 Å². The van der Waals surface area contributed by atoms with Crippen LogP contribution in [0, 0.1) is 0 Å². The van der Waals surface area contributed by atoms with E-state index < -0.39 is 0 Å². The number of anilines is 2. The highest BCUT2D eigenvalue weighted by Crippen LogP contribution is 2.38. The van der Waals surface area contributed by atoms with Gasteiger partial charge < -0.3 is 19.3 Å².